The molecular weight excluding hydrogens is 184 g/mol. The highest BCUT2D eigenvalue weighted by atomic mass is 16.6. The number of nitrogens with zero attached hydrogens (tertiary/aromatic N) is 4. The van der Waals surface area contributed by atoms with Crippen LogP contribution in [0.1, 0.15) is 18.5 Å². The number of aliphatic hydroxyl groups excluding tert-OH is 1. The number of hydrogen-bond donors (Lipinski definition) is 1. The van der Waals surface area contributed by atoms with E-state index in [1.807, 2.05) is 11.0 Å². The molecule has 1 aromatic rings. The Labute approximate surface area is 80.7 Å². The van der Waals surface area contributed by atoms with Gasteiger partial charge in [0.1, 0.15) is 6.07 Å². The summed E-state index contributed by atoms with van der Waals surface area (Å²) in [5, 5.41) is 25.0. The fraction of sp³-hybridized carbons (Fsp3) is 0.625. The summed E-state index contributed by atoms with van der Waals surface area (Å²) in [6.45, 7) is 0.853. The van der Waals surface area contributed by atoms with Crippen molar-refractivity contribution in [2.24, 2.45) is 0 Å². The first kappa shape index (κ1) is 8.97. The van der Waals surface area contributed by atoms with Crippen LogP contribution in [0.4, 0.5) is 5.82 Å². The molecule has 1 aliphatic rings. The van der Waals surface area contributed by atoms with E-state index in [4.69, 9.17) is 10.4 Å². The smallest absolute Gasteiger partial charge is 0.228 e. The van der Waals surface area contributed by atoms with Crippen LogP contribution < -0.4 is 4.90 Å². The normalized spacial score (nSPS) is 21.1. The highest BCUT2D eigenvalue weighted by Crippen LogP contribution is 2.25. The maximum absolute atomic E-state index is 9.10. The average molecular weight is 194 g/mol. The van der Waals surface area contributed by atoms with Gasteiger partial charge in [0.15, 0.2) is 0 Å². The van der Waals surface area contributed by atoms with Crippen molar-refractivity contribution in [3.63, 3.8) is 0 Å². The van der Waals surface area contributed by atoms with Crippen LogP contribution >= 0.6 is 0 Å². The molecule has 1 atom stereocenters. The molecule has 6 nitrogen and oxygen atoms in total. The fourth-order valence-electron chi connectivity index (χ4n) is 1.75. The zero-order valence-corrected chi connectivity index (χ0v) is 7.55. The van der Waals surface area contributed by atoms with Crippen molar-refractivity contribution < 1.29 is 9.74 Å². The Morgan fingerprint density at radius 1 is 1.64 bits per heavy atom. The van der Waals surface area contributed by atoms with Crippen molar-refractivity contribution in [2.75, 3.05) is 18.1 Å². The highest BCUT2D eigenvalue weighted by molar-refractivity contribution is 5.50. The highest BCUT2D eigenvalue weighted by Gasteiger charge is 2.28. The van der Waals surface area contributed by atoms with E-state index in [-0.39, 0.29) is 18.3 Å². The Morgan fingerprint density at radius 2 is 2.50 bits per heavy atom. The van der Waals surface area contributed by atoms with Crippen LogP contribution in [0.5, 0.6) is 0 Å². The van der Waals surface area contributed by atoms with Crippen LogP contribution in [-0.4, -0.2) is 34.6 Å². The predicted octanol–water partition coefficient (Wildman–Crippen LogP) is -0.0976. The van der Waals surface area contributed by atoms with Crippen molar-refractivity contribution in [1.29, 1.82) is 5.26 Å². The van der Waals surface area contributed by atoms with Crippen LogP contribution in [0, 0.1) is 11.3 Å². The van der Waals surface area contributed by atoms with Crippen LogP contribution in [0.25, 0.3) is 0 Å². The van der Waals surface area contributed by atoms with Crippen LogP contribution in [0.2, 0.25) is 0 Å². The Balaban J connectivity index is 2.26. The summed E-state index contributed by atoms with van der Waals surface area (Å²) >= 11 is 0. The van der Waals surface area contributed by atoms with Crippen molar-refractivity contribution in [2.45, 2.75) is 18.9 Å². The first-order valence-corrected chi connectivity index (χ1v) is 4.47. The molecule has 0 bridgehead atoms. The molecule has 1 N–H and O–H groups in total. The van der Waals surface area contributed by atoms with Gasteiger partial charge in [-0.3, -0.25) is 0 Å². The first-order chi connectivity index (χ1) is 6.86. The van der Waals surface area contributed by atoms with Gasteiger partial charge in [-0.05, 0) is 23.2 Å². The lowest BCUT2D eigenvalue weighted by Crippen LogP contribution is -2.32. The van der Waals surface area contributed by atoms with E-state index >= 15 is 0 Å². The van der Waals surface area contributed by atoms with E-state index < -0.39 is 0 Å². The molecule has 0 radical (unpaired) electrons. The van der Waals surface area contributed by atoms with E-state index in [0.717, 1.165) is 19.4 Å². The molecule has 74 valence electrons. The lowest BCUT2D eigenvalue weighted by molar-refractivity contribution is 0.264. The van der Waals surface area contributed by atoms with Gasteiger partial charge in [-0.2, -0.15) is 5.26 Å². The number of aromatic nitrogens is 2. The molecule has 6 heteroatoms. The standard InChI is InChI=1S/C8H10N4O2/c9-4-7-8(11-14-10-7)12-3-1-2-6(12)5-13/h6,13H,1-3,5H2. The molecule has 14 heavy (non-hydrogen) atoms. The molecule has 0 aliphatic carbocycles. The Hall–Kier alpha value is -1.61. The third kappa shape index (κ3) is 1.32. The number of rotatable bonds is 2. The third-order valence-electron chi connectivity index (χ3n) is 2.44. The molecule has 0 amide bonds. The zero-order chi connectivity index (χ0) is 9.97. The van der Waals surface area contributed by atoms with Crippen molar-refractivity contribution >= 4 is 5.82 Å². The molecule has 1 aromatic heterocycles. The van der Waals surface area contributed by atoms with Gasteiger partial charge >= 0.3 is 0 Å². The molecule has 1 unspecified atom stereocenters. The van der Waals surface area contributed by atoms with Gasteiger partial charge in [-0.1, -0.05) is 0 Å². The van der Waals surface area contributed by atoms with Gasteiger partial charge in [-0.15, -0.1) is 0 Å². The second kappa shape index (κ2) is 3.64. The van der Waals surface area contributed by atoms with Crippen molar-refractivity contribution in [3.8, 4) is 6.07 Å². The summed E-state index contributed by atoms with van der Waals surface area (Å²) in [5.74, 6) is 0.448. The topological polar surface area (TPSA) is 86.2 Å². The lowest BCUT2D eigenvalue weighted by Gasteiger charge is -2.21. The molecule has 2 rings (SSSR count). The van der Waals surface area contributed by atoms with Gasteiger partial charge < -0.3 is 10.0 Å². The Bertz CT molecular complexity index is 356. The molecule has 0 saturated carbocycles. The molecule has 0 aromatic carbocycles. The fourth-order valence-corrected chi connectivity index (χ4v) is 1.75. The minimum absolute atomic E-state index is 0.0361. The van der Waals surface area contributed by atoms with Gasteiger partial charge in [0.25, 0.3) is 0 Å². The largest absolute Gasteiger partial charge is 0.394 e. The summed E-state index contributed by atoms with van der Waals surface area (Å²) in [6.07, 6.45) is 1.90. The van der Waals surface area contributed by atoms with E-state index in [1.165, 1.54) is 0 Å². The molecule has 0 spiro atoms. The van der Waals surface area contributed by atoms with Crippen LogP contribution in [-0.2, 0) is 0 Å². The van der Waals surface area contributed by atoms with E-state index in [1.54, 1.807) is 0 Å². The van der Waals surface area contributed by atoms with E-state index in [9.17, 15) is 0 Å². The molecular formula is C8H10N4O2. The van der Waals surface area contributed by atoms with Crippen molar-refractivity contribution in [1.82, 2.24) is 10.3 Å². The number of aliphatic hydroxyl groups is 1. The molecule has 1 saturated heterocycles. The molecule has 1 aliphatic heterocycles. The predicted molar refractivity (Wildman–Crippen MR) is 46.5 cm³/mol. The second-order valence-corrected chi connectivity index (χ2v) is 3.22. The number of hydrogen-bond acceptors (Lipinski definition) is 6. The third-order valence-corrected chi connectivity index (χ3v) is 2.44. The van der Waals surface area contributed by atoms with Crippen LogP contribution in [0.3, 0.4) is 0 Å². The minimum atomic E-state index is 0.0361. The second-order valence-electron chi connectivity index (χ2n) is 3.22. The summed E-state index contributed by atoms with van der Waals surface area (Å²) in [4.78, 5) is 1.87. The zero-order valence-electron chi connectivity index (χ0n) is 7.55. The van der Waals surface area contributed by atoms with Gasteiger partial charge in [0, 0.05) is 6.54 Å². The first-order valence-electron chi connectivity index (χ1n) is 4.47. The maximum Gasteiger partial charge on any atom is 0.228 e. The van der Waals surface area contributed by atoms with Gasteiger partial charge in [-0.25, -0.2) is 4.63 Å². The minimum Gasteiger partial charge on any atom is -0.394 e. The van der Waals surface area contributed by atoms with Gasteiger partial charge in [0.2, 0.25) is 11.5 Å². The maximum atomic E-state index is 9.10. The quantitative estimate of drug-likeness (QED) is 0.707. The lowest BCUT2D eigenvalue weighted by atomic mass is 10.2. The van der Waals surface area contributed by atoms with E-state index in [2.05, 4.69) is 14.9 Å². The number of anilines is 1. The Morgan fingerprint density at radius 3 is 3.21 bits per heavy atom. The summed E-state index contributed by atoms with van der Waals surface area (Å²) in [7, 11) is 0. The molecule has 2 heterocycles. The van der Waals surface area contributed by atoms with Crippen molar-refractivity contribution in [3.05, 3.63) is 5.69 Å². The Kier molecular flexibility index (Phi) is 2.33. The summed E-state index contributed by atoms with van der Waals surface area (Å²) in [5.41, 5.74) is 0.186. The summed E-state index contributed by atoms with van der Waals surface area (Å²) in [6, 6.07) is 1.94. The van der Waals surface area contributed by atoms with Crippen LogP contribution in [0.15, 0.2) is 4.63 Å². The SMILES string of the molecule is N#Cc1nonc1N1CCCC1CO. The monoisotopic (exact) mass is 194 g/mol. The summed E-state index contributed by atoms with van der Waals surface area (Å²) < 4.78 is 4.50. The average Bonchev–Trinajstić information content (AvgIpc) is 2.85. The molecule has 1 fully saturated rings. The number of nitriles is 1. The van der Waals surface area contributed by atoms with E-state index in [0.29, 0.717) is 5.82 Å². The van der Waals surface area contributed by atoms with Gasteiger partial charge in [0.05, 0.1) is 12.6 Å².